The zero-order valence-electron chi connectivity index (χ0n) is 9.37. The van der Waals surface area contributed by atoms with Crippen molar-refractivity contribution in [3.05, 3.63) is 11.6 Å². The Morgan fingerprint density at radius 1 is 1.53 bits per heavy atom. The van der Waals surface area contributed by atoms with Crippen LogP contribution in [0.3, 0.4) is 0 Å². The van der Waals surface area contributed by atoms with Crippen LogP contribution in [0.15, 0.2) is 11.6 Å². The van der Waals surface area contributed by atoms with Gasteiger partial charge in [-0.3, -0.25) is 0 Å². The molecule has 1 aliphatic rings. The van der Waals surface area contributed by atoms with Crippen molar-refractivity contribution in [2.24, 2.45) is 11.7 Å². The molecule has 1 aromatic rings. The summed E-state index contributed by atoms with van der Waals surface area (Å²) in [5.41, 5.74) is 5.58. The molecule has 0 spiro atoms. The molecule has 1 aliphatic heterocycles. The first-order valence-electron chi connectivity index (χ1n) is 5.49. The maximum Gasteiger partial charge on any atom is 0.303 e. The molecule has 0 aliphatic carbocycles. The molecule has 0 aromatic carbocycles. The van der Waals surface area contributed by atoms with E-state index in [1.54, 1.807) is 11.6 Å². The Kier molecular flexibility index (Phi) is 3.97. The summed E-state index contributed by atoms with van der Waals surface area (Å²) >= 11 is 1.27. The van der Waals surface area contributed by atoms with Crippen molar-refractivity contribution < 1.29 is 8.42 Å². The van der Waals surface area contributed by atoms with Gasteiger partial charge < -0.3 is 5.73 Å². The lowest BCUT2D eigenvalue weighted by atomic mass is 9.99. The second kappa shape index (κ2) is 5.30. The smallest absolute Gasteiger partial charge is 0.303 e. The van der Waals surface area contributed by atoms with E-state index in [-0.39, 0.29) is 0 Å². The minimum absolute atomic E-state index is 0.408. The summed E-state index contributed by atoms with van der Waals surface area (Å²) in [6.45, 7) is 1.69. The first kappa shape index (κ1) is 12.7. The van der Waals surface area contributed by atoms with Crippen molar-refractivity contribution in [2.45, 2.75) is 12.8 Å². The summed E-state index contributed by atoms with van der Waals surface area (Å²) in [7, 11) is -3.45. The average molecular weight is 276 g/mol. The van der Waals surface area contributed by atoms with E-state index in [1.165, 1.54) is 15.6 Å². The Bertz CT molecular complexity index is 438. The van der Waals surface area contributed by atoms with Crippen molar-refractivity contribution in [2.75, 3.05) is 24.4 Å². The van der Waals surface area contributed by atoms with Crippen molar-refractivity contribution in [1.82, 2.24) is 9.29 Å². The van der Waals surface area contributed by atoms with Crippen molar-refractivity contribution in [1.29, 1.82) is 0 Å². The van der Waals surface area contributed by atoms with Gasteiger partial charge in [-0.2, -0.15) is 12.7 Å². The Hall–Kier alpha value is -0.700. The van der Waals surface area contributed by atoms with Crippen LogP contribution in [0.2, 0.25) is 0 Å². The molecule has 6 nitrogen and oxygen atoms in total. The summed E-state index contributed by atoms with van der Waals surface area (Å²) < 4.78 is 27.9. The highest BCUT2D eigenvalue weighted by Gasteiger charge is 2.27. The third-order valence-electron chi connectivity index (χ3n) is 2.90. The molecular formula is C9H16N4O2S2. The lowest BCUT2D eigenvalue weighted by molar-refractivity contribution is 0.280. The number of nitrogens with one attached hydrogen (secondary N) is 1. The van der Waals surface area contributed by atoms with E-state index < -0.39 is 10.2 Å². The van der Waals surface area contributed by atoms with E-state index in [0.29, 0.717) is 30.7 Å². The van der Waals surface area contributed by atoms with Gasteiger partial charge in [0.1, 0.15) is 0 Å². The second-order valence-corrected chi connectivity index (χ2v) is 6.59. The molecule has 0 radical (unpaired) electrons. The van der Waals surface area contributed by atoms with Gasteiger partial charge in [-0.1, -0.05) is 0 Å². The van der Waals surface area contributed by atoms with E-state index in [2.05, 4.69) is 9.71 Å². The lowest BCUT2D eigenvalue weighted by Crippen LogP contribution is -2.42. The molecule has 8 heteroatoms. The summed E-state index contributed by atoms with van der Waals surface area (Å²) in [6.07, 6.45) is 3.23. The monoisotopic (exact) mass is 276 g/mol. The van der Waals surface area contributed by atoms with Crippen molar-refractivity contribution in [3.8, 4) is 0 Å². The van der Waals surface area contributed by atoms with E-state index in [0.717, 1.165) is 12.8 Å². The molecular weight excluding hydrogens is 260 g/mol. The topological polar surface area (TPSA) is 88.3 Å². The second-order valence-electron chi connectivity index (χ2n) is 4.02. The molecule has 2 heterocycles. The normalized spacial score (nSPS) is 19.4. The van der Waals surface area contributed by atoms with Gasteiger partial charge >= 0.3 is 10.2 Å². The highest BCUT2D eigenvalue weighted by molar-refractivity contribution is 7.90. The van der Waals surface area contributed by atoms with E-state index in [9.17, 15) is 8.42 Å². The Morgan fingerprint density at radius 3 is 2.76 bits per heavy atom. The first-order chi connectivity index (χ1) is 8.12. The van der Waals surface area contributed by atoms with Gasteiger partial charge in [0.2, 0.25) is 0 Å². The molecule has 17 heavy (non-hydrogen) atoms. The minimum Gasteiger partial charge on any atom is -0.330 e. The predicted molar refractivity (Wildman–Crippen MR) is 68.0 cm³/mol. The third kappa shape index (κ3) is 3.15. The Labute approximate surface area is 105 Å². The SMILES string of the molecule is NCC1CCN(S(=O)(=O)Nc2nccs2)CC1. The zero-order chi connectivity index (χ0) is 12.3. The molecule has 0 unspecified atom stereocenters. The molecule has 0 amide bonds. The molecule has 0 saturated carbocycles. The summed E-state index contributed by atoms with van der Waals surface area (Å²) in [5.74, 6) is 0.446. The number of hydrogen-bond donors (Lipinski definition) is 2. The summed E-state index contributed by atoms with van der Waals surface area (Å²) in [4.78, 5) is 3.91. The molecule has 1 saturated heterocycles. The fourth-order valence-corrected chi connectivity index (χ4v) is 3.81. The maximum absolute atomic E-state index is 12.0. The number of nitrogens with zero attached hydrogens (tertiary/aromatic N) is 2. The molecule has 1 fully saturated rings. The molecule has 3 N–H and O–H groups in total. The van der Waals surface area contributed by atoms with Crippen LogP contribution in [0, 0.1) is 5.92 Å². The van der Waals surface area contributed by atoms with Gasteiger partial charge in [-0.25, -0.2) is 9.71 Å². The number of piperidine rings is 1. The number of nitrogens with two attached hydrogens (primary N) is 1. The fourth-order valence-electron chi connectivity index (χ4n) is 1.83. The molecule has 2 rings (SSSR count). The van der Waals surface area contributed by atoms with Crippen LogP contribution in [0.25, 0.3) is 0 Å². The van der Waals surface area contributed by atoms with Gasteiger partial charge in [0.25, 0.3) is 0 Å². The fraction of sp³-hybridized carbons (Fsp3) is 0.667. The van der Waals surface area contributed by atoms with Gasteiger partial charge in [-0.15, -0.1) is 11.3 Å². The largest absolute Gasteiger partial charge is 0.330 e. The molecule has 0 bridgehead atoms. The van der Waals surface area contributed by atoms with Crippen molar-refractivity contribution in [3.63, 3.8) is 0 Å². The van der Waals surface area contributed by atoms with E-state index in [1.807, 2.05) is 0 Å². The zero-order valence-corrected chi connectivity index (χ0v) is 11.0. The van der Waals surface area contributed by atoms with E-state index in [4.69, 9.17) is 5.73 Å². The molecule has 1 aromatic heterocycles. The molecule has 96 valence electrons. The number of thiazole rings is 1. The van der Waals surface area contributed by atoms with E-state index >= 15 is 0 Å². The van der Waals surface area contributed by atoms with Gasteiger partial charge in [0, 0.05) is 24.7 Å². The minimum atomic E-state index is -3.45. The number of rotatable bonds is 4. The van der Waals surface area contributed by atoms with Crippen molar-refractivity contribution >= 4 is 26.7 Å². The van der Waals surface area contributed by atoms with Crippen LogP contribution in [0.1, 0.15) is 12.8 Å². The van der Waals surface area contributed by atoms with Crippen LogP contribution in [0.5, 0.6) is 0 Å². The Morgan fingerprint density at radius 2 is 2.24 bits per heavy atom. The predicted octanol–water partition coefficient (Wildman–Crippen LogP) is 0.471. The van der Waals surface area contributed by atoms with Crippen LogP contribution in [-0.2, 0) is 10.2 Å². The summed E-state index contributed by atoms with van der Waals surface area (Å²) in [5, 5.41) is 2.14. The van der Waals surface area contributed by atoms with Gasteiger partial charge in [0.15, 0.2) is 5.13 Å². The van der Waals surface area contributed by atoms with Crippen LogP contribution in [0.4, 0.5) is 5.13 Å². The number of anilines is 1. The molecule has 0 atom stereocenters. The standard InChI is InChI=1S/C9H16N4O2S2/c10-7-8-1-4-13(5-2-8)17(14,15)12-9-11-3-6-16-9/h3,6,8H,1-2,4-5,7,10H2,(H,11,12). The number of aromatic nitrogens is 1. The highest BCUT2D eigenvalue weighted by Crippen LogP contribution is 2.20. The Balaban J connectivity index is 1.97. The van der Waals surface area contributed by atoms with Gasteiger partial charge in [-0.05, 0) is 25.3 Å². The number of hydrogen-bond acceptors (Lipinski definition) is 5. The first-order valence-corrected chi connectivity index (χ1v) is 7.81. The lowest BCUT2D eigenvalue weighted by Gasteiger charge is -2.30. The van der Waals surface area contributed by atoms with Gasteiger partial charge in [0.05, 0.1) is 0 Å². The highest BCUT2D eigenvalue weighted by atomic mass is 32.2. The van der Waals surface area contributed by atoms with Crippen LogP contribution < -0.4 is 10.5 Å². The quantitative estimate of drug-likeness (QED) is 0.836. The maximum atomic E-state index is 12.0. The van der Waals surface area contributed by atoms with Crippen LogP contribution in [-0.4, -0.2) is 37.3 Å². The van der Waals surface area contributed by atoms with Crippen LogP contribution >= 0.6 is 11.3 Å². The summed E-state index contributed by atoms with van der Waals surface area (Å²) in [6, 6.07) is 0. The average Bonchev–Trinajstić information content (AvgIpc) is 2.81. The third-order valence-corrected chi connectivity index (χ3v) is 5.21.